The monoisotopic (exact) mass is 821 g/mol. The Bertz CT molecular complexity index is 2030. The number of alkyl halides is 3. The standard InChI is InChI=1S/C39H50F3N5O9S/c1-6-54-27-11-12-29-25(18-27)13-16-43-33(29)56-28-19-30-32(48)45-38(35(50)46-57(52,53)37(5)14-15-37)20-26(38)10-8-7-9-22(2)17-23(3)31(34(49)47(30)21-28)44-36(51)55-24(4)39(40,41)42/h8,10-13,16,18,22-24,26,28,30-31H,6-7,9,14-15,17,19-21H2,1-5H3,(H,44,51)(H,45,48)(H,46,50)/b10-8-/t22-,23-,24-,26-,28-,30+,31?,38-/m1/s1. The number of carbonyl (C=O) groups excluding carboxylic acids is 4. The predicted octanol–water partition coefficient (Wildman–Crippen LogP) is 4.91. The molecule has 6 rings (SSSR count). The van der Waals surface area contributed by atoms with Crippen LogP contribution < -0.4 is 24.8 Å². The minimum Gasteiger partial charge on any atom is -0.494 e. The molecular formula is C39H50F3N5O9S. The van der Waals surface area contributed by atoms with Crippen LogP contribution in [0.15, 0.2) is 42.6 Å². The van der Waals surface area contributed by atoms with E-state index in [1.54, 1.807) is 31.2 Å². The topological polar surface area (TPSA) is 182 Å². The summed E-state index contributed by atoms with van der Waals surface area (Å²) < 4.78 is 84.1. The summed E-state index contributed by atoms with van der Waals surface area (Å²) in [5, 5.41) is 6.53. The lowest BCUT2D eigenvalue weighted by Crippen LogP contribution is -2.59. The largest absolute Gasteiger partial charge is 0.494 e. The van der Waals surface area contributed by atoms with Crippen molar-refractivity contribution in [1.82, 2.24) is 25.2 Å². The van der Waals surface area contributed by atoms with Gasteiger partial charge in [-0.25, -0.2) is 18.2 Å². The van der Waals surface area contributed by atoms with E-state index < -0.39 is 86.4 Å². The Kier molecular flexibility index (Phi) is 11.8. The molecule has 2 aliphatic heterocycles. The molecular weight excluding hydrogens is 772 g/mol. The van der Waals surface area contributed by atoms with Crippen LogP contribution in [0.5, 0.6) is 11.6 Å². The minimum absolute atomic E-state index is 0.0282. The van der Waals surface area contributed by atoms with E-state index in [4.69, 9.17) is 9.47 Å². The first-order chi connectivity index (χ1) is 26.8. The summed E-state index contributed by atoms with van der Waals surface area (Å²) in [4.78, 5) is 61.5. The number of pyridine rings is 1. The lowest BCUT2D eigenvalue weighted by molar-refractivity contribution is -0.197. The zero-order valence-corrected chi connectivity index (χ0v) is 33.4. The van der Waals surface area contributed by atoms with E-state index in [2.05, 4.69) is 25.1 Å². The molecule has 0 bridgehead atoms. The molecule has 2 saturated carbocycles. The number of rotatable bonds is 9. The molecule has 2 aromatic rings. The van der Waals surface area contributed by atoms with Gasteiger partial charge in [-0.2, -0.15) is 13.2 Å². The fourth-order valence-corrected chi connectivity index (χ4v) is 8.93. The van der Waals surface area contributed by atoms with Gasteiger partial charge in [-0.15, -0.1) is 0 Å². The maximum atomic E-state index is 14.7. The number of carbonyl (C=O) groups is 4. The Morgan fingerprint density at radius 2 is 1.88 bits per heavy atom. The van der Waals surface area contributed by atoms with Crippen molar-refractivity contribution < 1.29 is 55.0 Å². The van der Waals surface area contributed by atoms with Crippen LogP contribution in [-0.2, 0) is 29.1 Å². The first-order valence-corrected chi connectivity index (χ1v) is 20.8. The normalized spacial score (nSPS) is 30.0. The Morgan fingerprint density at radius 1 is 1.14 bits per heavy atom. The van der Waals surface area contributed by atoms with Gasteiger partial charge < -0.3 is 29.7 Å². The third-order valence-electron chi connectivity index (χ3n) is 11.6. The summed E-state index contributed by atoms with van der Waals surface area (Å²) in [5.74, 6) is -2.79. The third-order valence-corrected chi connectivity index (χ3v) is 13.7. The second-order valence-electron chi connectivity index (χ2n) is 16.1. The number of nitrogens with one attached hydrogen (secondary N) is 3. The van der Waals surface area contributed by atoms with Crippen molar-refractivity contribution in [1.29, 1.82) is 0 Å². The number of halogens is 3. The summed E-state index contributed by atoms with van der Waals surface area (Å²) in [6.07, 6.45) is -2.12. The average Bonchev–Trinajstić information content (AvgIpc) is 4.01. The molecule has 3 fully saturated rings. The number of hydrogen-bond donors (Lipinski definition) is 3. The van der Waals surface area contributed by atoms with Crippen molar-refractivity contribution >= 4 is 44.6 Å². The van der Waals surface area contributed by atoms with Gasteiger partial charge in [-0.3, -0.25) is 19.1 Å². The van der Waals surface area contributed by atoms with E-state index in [0.29, 0.717) is 56.8 Å². The number of hydrogen-bond acceptors (Lipinski definition) is 10. The molecule has 4 aliphatic rings. The quantitative estimate of drug-likeness (QED) is 0.294. The Hall–Kier alpha value is -4.61. The highest BCUT2D eigenvalue weighted by Crippen LogP contribution is 2.47. The second-order valence-corrected chi connectivity index (χ2v) is 18.3. The number of benzene rings is 1. The fourth-order valence-electron chi connectivity index (χ4n) is 7.62. The predicted molar refractivity (Wildman–Crippen MR) is 201 cm³/mol. The summed E-state index contributed by atoms with van der Waals surface area (Å²) in [7, 11) is -4.07. The molecule has 3 N–H and O–H groups in total. The lowest BCUT2D eigenvalue weighted by atomic mass is 9.88. The van der Waals surface area contributed by atoms with Gasteiger partial charge in [0.1, 0.15) is 29.5 Å². The highest BCUT2D eigenvalue weighted by Gasteiger charge is 2.63. The summed E-state index contributed by atoms with van der Waals surface area (Å²) >= 11 is 0. The van der Waals surface area contributed by atoms with E-state index in [1.165, 1.54) is 18.0 Å². The first-order valence-electron chi connectivity index (χ1n) is 19.3. The number of nitrogens with zero attached hydrogens (tertiary/aromatic N) is 2. The number of sulfonamides is 1. The number of allylic oxidation sites excluding steroid dienone is 1. The number of amides is 4. The summed E-state index contributed by atoms with van der Waals surface area (Å²) in [6, 6.07) is 4.38. The summed E-state index contributed by atoms with van der Waals surface area (Å²) in [6.45, 7) is 7.95. The summed E-state index contributed by atoms with van der Waals surface area (Å²) in [5.41, 5.74) is -1.64. The Balaban J connectivity index is 1.34. The number of aromatic nitrogens is 1. The van der Waals surface area contributed by atoms with Crippen molar-refractivity contribution in [2.45, 2.75) is 120 Å². The van der Waals surface area contributed by atoms with Crippen LogP contribution in [0.25, 0.3) is 10.8 Å². The average molecular weight is 822 g/mol. The molecule has 1 unspecified atom stereocenters. The molecule has 312 valence electrons. The second kappa shape index (κ2) is 16.0. The molecule has 3 heterocycles. The molecule has 1 aromatic heterocycles. The molecule has 57 heavy (non-hydrogen) atoms. The van der Waals surface area contributed by atoms with Gasteiger partial charge >= 0.3 is 12.3 Å². The van der Waals surface area contributed by atoms with Crippen LogP contribution in [0.2, 0.25) is 0 Å². The molecule has 0 radical (unpaired) electrons. The molecule has 0 spiro atoms. The van der Waals surface area contributed by atoms with Crippen molar-refractivity contribution in [3.8, 4) is 11.6 Å². The number of fused-ring (bicyclic) bond motifs is 3. The highest BCUT2D eigenvalue weighted by molar-refractivity contribution is 7.91. The molecule has 4 amide bonds. The molecule has 14 nitrogen and oxygen atoms in total. The fraction of sp³-hybridized carbons (Fsp3) is 0.615. The Labute approximate surface area is 329 Å². The van der Waals surface area contributed by atoms with E-state index in [-0.39, 0.29) is 31.2 Å². The minimum atomic E-state index is -4.85. The van der Waals surface area contributed by atoms with Crippen molar-refractivity contribution in [3.05, 3.63) is 42.6 Å². The zero-order chi connectivity index (χ0) is 41.5. The number of ether oxygens (including phenoxy) is 3. The smallest absolute Gasteiger partial charge is 0.425 e. The third kappa shape index (κ3) is 9.10. The maximum Gasteiger partial charge on any atom is 0.425 e. The van der Waals surface area contributed by atoms with Crippen LogP contribution in [0.1, 0.15) is 79.6 Å². The van der Waals surface area contributed by atoms with Gasteiger partial charge in [0.25, 0.3) is 5.91 Å². The highest BCUT2D eigenvalue weighted by atomic mass is 32.2. The van der Waals surface area contributed by atoms with E-state index >= 15 is 0 Å². The van der Waals surface area contributed by atoms with Crippen LogP contribution in [0, 0.1) is 17.8 Å². The van der Waals surface area contributed by atoms with E-state index in [0.717, 1.165) is 5.39 Å². The van der Waals surface area contributed by atoms with Gasteiger partial charge in [0.2, 0.25) is 27.7 Å². The van der Waals surface area contributed by atoms with Gasteiger partial charge in [0.05, 0.1) is 17.9 Å². The zero-order valence-electron chi connectivity index (χ0n) is 32.6. The van der Waals surface area contributed by atoms with Crippen LogP contribution in [-0.4, -0.2) is 96.0 Å². The van der Waals surface area contributed by atoms with Gasteiger partial charge in [-0.1, -0.05) is 26.0 Å². The molecule has 1 saturated heterocycles. The van der Waals surface area contributed by atoms with Gasteiger partial charge in [-0.05, 0) is 101 Å². The van der Waals surface area contributed by atoms with Crippen LogP contribution >= 0.6 is 0 Å². The first kappa shape index (κ1) is 42.0. The molecule has 18 heteroatoms. The van der Waals surface area contributed by atoms with Gasteiger partial charge in [0.15, 0.2) is 6.10 Å². The Morgan fingerprint density at radius 3 is 2.56 bits per heavy atom. The van der Waals surface area contributed by atoms with E-state index in [9.17, 15) is 40.8 Å². The lowest BCUT2D eigenvalue weighted by Gasteiger charge is -2.33. The van der Waals surface area contributed by atoms with Crippen LogP contribution in [0.3, 0.4) is 0 Å². The SMILES string of the molecule is CCOc1ccc2c(O[C@@H]3C[C@H]4C(=O)N[C@]5(C(=O)NS(=O)(=O)C6(C)CC6)C[C@H]5/C=C\CC[C@@H](C)C[C@@H](C)C(NC(=O)O[C@H](C)C(F)(F)F)C(=O)N4C3)nccc2c1. The van der Waals surface area contributed by atoms with Crippen molar-refractivity contribution in [3.63, 3.8) is 0 Å². The maximum absolute atomic E-state index is 14.7. The van der Waals surface area contributed by atoms with E-state index in [1.807, 2.05) is 26.0 Å². The molecule has 8 atom stereocenters. The number of alkyl carbamates (subject to hydrolysis) is 1. The van der Waals surface area contributed by atoms with Crippen molar-refractivity contribution in [2.75, 3.05) is 13.2 Å². The molecule has 2 aliphatic carbocycles. The van der Waals surface area contributed by atoms with Crippen molar-refractivity contribution in [2.24, 2.45) is 17.8 Å². The van der Waals surface area contributed by atoms with Crippen LogP contribution in [0.4, 0.5) is 18.0 Å². The molecule has 1 aromatic carbocycles. The van der Waals surface area contributed by atoms with Gasteiger partial charge in [0, 0.05) is 23.9 Å².